The fraction of sp³-hybridized carbons (Fsp3) is 0.0714. The number of hydrogen-bond donors (Lipinski definition) is 1. The molecule has 0 aromatic heterocycles. The summed E-state index contributed by atoms with van der Waals surface area (Å²) in [4.78, 5) is 21.3. The van der Waals surface area contributed by atoms with Crippen LogP contribution in [0.15, 0.2) is 46.9 Å². The van der Waals surface area contributed by atoms with Crippen LogP contribution in [0.1, 0.15) is 15.9 Å². The Balaban J connectivity index is 2.18. The lowest BCUT2D eigenvalue weighted by Gasteiger charge is -2.07. The Labute approximate surface area is 128 Å². The Morgan fingerprint density at radius 3 is 2.71 bits per heavy atom. The van der Waals surface area contributed by atoms with Crippen LogP contribution >= 0.6 is 15.9 Å². The second-order valence-electron chi connectivity index (χ2n) is 4.15. The van der Waals surface area contributed by atoms with Crippen molar-refractivity contribution in [1.82, 2.24) is 0 Å². The maximum Gasteiger partial charge on any atom is 0.335 e. The number of carboxylic acids is 1. The Kier molecular flexibility index (Phi) is 4.54. The summed E-state index contributed by atoms with van der Waals surface area (Å²) < 4.78 is 6.03. The fourth-order valence-corrected chi connectivity index (χ4v) is 2.06. The lowest BCUT2D eigenvalue weighted by molar-refractivity contribution is -0.385. The molecule has 0 unspecified atom stereocenters. The van der Waals surface area contributed by atoms with E-state index in [1.165, 1.54) is 18.2 Å². The molecule has 2 rings (SSSR count). The van der Waals surface area contributed by atoms with Gasteiger partial charge in [0, 0.05) is 10.5 Å². The highest BCUT2D eigenvalue weighted by Gasteiger charge is 2.14. The number of rotatable bonds is 5. The van der Waals surface area contributed by atoms with Gasteiger partial charge in [-0.2, -0.15) is 0 Å². The number of hydrogen-bond acceptors (Lipinski definition) is 4. The van der Waals surface area contributed by atoms with Crippen LogP contribution in [0.25, 0.3) is 0 Å². The standard InChI is InChI=1S/C14H10BrNO5/c15-11-5-4-10(13(7-11)16(19)20)8-21-12-3-1-2-9(6-12)14(17)18/h1-7H,8H2,(H,17,18). The van der Waals surface area contributed by atoms with E-state index < -0.39 is 10.9 Å². The van der Waals surface area contributed by atoms with E-state index in [1.807, 2.05) is 0 Å². The third-order valence-electron chi connectivity index (χ3n) is 2.72. The Hall–Kier alpha value is -2.41. The molecule has 0 amide bonds. The van der Waals surface area contributed by atoms with Gasteiger partial charge in [0.05, 0.1) is 16.1 Å². The van der Waals surface area contributed by atoms with E-state index >= 15 is 0 Å². The van der Waals surface area contributed by atoms with Gasteiger partial charge in [-0.25, -0.2) is 4.79 Å². The van der Waals surface area contributed by atoms with Gasteiger partial charge in [-0.15, -0.1) is 0 Å². The minimum absolute atomic E-state index is 0.0212. The van der Waals surface area contributed by atoms with Crippen molar-refractivity contribution in [2.75, 3.05) is 0 Å². The maximum atomic E-state index is 11.0. The minimum atomic E-state index is -1.06. The first-order valence-corrected chi connectivity index (χ1v) is 6.65. The van der Waals surface area contributed by atoms with Crippen LogP contribution in [0, 0.1) is 10.1 Å². The molecule has 0 aliphatic heterocycles. The fourth-order valence-electron chi connectivity index (χ4n) is 1.71. The first-order valence-electron chi connectivity index (χ1n) is 5.86. The maximum absolute atomic E-state index is 11.0. The molecule has 21 heavy (non-hydrogen) atoms. The average molecular weight is 352 g/mol. The second-order valence-corrected chi connectivity index (χ2v) is 5.07. The van der Waals surface area contributed by atoms with Crippen LogP contribution in [-0.2, 0) is 6.61 Å². The molecule has 0 aliphatic carbocycles. The number of halogens is 1. The van der Waals surface area contributed by atoms with Crippen LogP contribution in [0.3, 0.4) is 0 Å². The summed E-state index contributed by atoms with van der Waals surface area (Å²) >= 11 is 3.18. The molecule has 2 aromatic rings. The van der Waals surface area contributed by atoms with E-state index in [0.29, 0.717) is 15.8 Å². The number of nitro groups is 1. The molecule has 2 aromatic carbocycles. The van der Waals surface area contributed by atoms with Crippen LogP contribution in [-0.4, -0.2) is 16.0 Å². The van der Waals surface area contributed by atoms with E-state index in [9.17, 15) is 14.9 Å². The smallest absolute Gasteiger partial charge is 0.335 e. The Morgan fingerprint density at radius 2 is 2.05 bits per heavy atom. The van der Waals surface area contributed by atoms with E-state index in [0.717, 1.165) is 0 Å². The van der Waals surface area contributed by atoms with Gasteiger partial charge in [-0.05, 0) is 30.3 Å². The van der Waals surface area contributed by atoms with Crippen molar-refractivity contribution in [2.24, 2.45) is 0 Å². The van der Waals surface area contributed by atoms with Gasteiger partial charge in [0.1, 0.15) is 12.4 Å². The summed E-state index contributed by atoms with van der Waals surface area (Å²) in [5.41, 5.74) is 0.445. The van der Waals surface area contributed by atoms with Crippen molar-refractivity contribution >= 4 is 27.6 Å². The topological polar surface area (TPSA) is 89.7 Å². The van der Waals surface area contributed by atoms with Gasteiger partial charge >= 0.3 is 5.97 Å². The molecule has 0 spiro atoms. The average Bonchev–Trinajstić information content (AvgIpc) is 2.46. The molecule has 0 bridgehead atoms. The zero-order valence-electron chi connectivity index (χ0n) is 10.7. The van der Waals surface area contributed by atoms with Crippen LogP contribution < -0.4 is 4.74 Å². The predicted octanol–water partition coefficient (Wildman–Crippen LogP) is 3.63. The summed E-state index contributed by atoms with van der Waals surface area (Å²) in [6.45, 7) is -0.0212. The van der Waals surface area contributed by atoms with Crippen molar-refractivity contribution in [1.29, 1.82) is 0 Å². The van der Waals surface area contributed by atoms with Gasteiger partial charge in [-0.3, -0.25) is 10.1 Å². The summed E-state index contributed by atoms with van der Waals surface area (Å²) in [6, 6.07) is 10.6. The molecule has 6 nitrogen and oxygen atoms in total. The van der Waals surface area contributed by atoms with E-state index in [4.69, 9.17) is 9.84 Å². The van der Waals surface area contributed by atoms with Crippen molar-refractivity contribution in [3.8, 4) is 5.75 Å². The molecule has 0 saturated carbocycles. The number of nitro benzene ring substituents is 1. The number of aromatic carboxylic acids is 1. The normalized spacial score (nSPS) is 10.1. The summed E-state index contributed by atoms with van der Waals surface area (Å²) in [7, 11) is 0. The molecular formula is C14H10BrNO5. The van der Waals surface area contributed by atoms with Crippen molar-refractivity contribution in [3.63, 3.8) is 0 Å². The van der Waals surface area contributed by atoms with Gasteiger partial charge in [-0.1, -0.05) is 22.0 Å². The van der Waals surface area contributed by atoms with E-state index in [-0.39, 0.29) is 17.9 Å². The Morgan fingerprint density at radius 1 is 1.29 bits per heavy atom. The summed E-state index contributed by atoms with van der Waals surface area (Å²) in [5.74, 6) is -0.720. The molecule has 0 aliphatic rings. The molecular weight excluding hydrogens is 342 g/mol. The third-order valence-corrected chi connectivity index (χ3v) is 3.21. The van der Waals surface area contributed by atoms with Crippen LogP contribution in [0.2, 0.25) is 0 Å². The molecule has 0 radical (unpaired) electrons. The van der Waals surface area contributed by atoms with Gasteiger partial charge in [0.15, 0.2) is 0 Å². The minimum Gasteiger partial charge on any atom is -0.489 e. The molecule has 7 heteroatoms. The number of ether oxygens (including phenoxy) is 1. The SMILES string of the molecule is O=C(O)c1cccc(OCc2ccc(Br)cc2[N+](=O)[O-])c1. The Bertz CT molecular complexity index is 702. The largest absolute Gasteiger partial charge is 0.489 e. The quantitative estimate of drug-likeness (QED) is 0.656. The number of carboxylic acid groups (broad SMARTS) is 1. The molecule has 0 fully saturated rings. The lowest BCUT2D eigenvalue weighted by Crippen LogP contribution is -2.02. The van der Waals surface area contributed by atoms with Gasteiger partial charge < -0.3 is 9.84 Å². The van der Waals surface area contributed by atoms with Crippen molar-refractivity contribution in [3.05, 3.63) is 68.2 Å². The first-order chi connectivity index (χ1) is 9.97. The summed E-state index contributed by atoms with van der Waals surface area (Å²) in [6.07, 6.45) is 0. The third kappa shape index (κ3) is 3.79. The zero-order valence-corrected chi connectivity index (χ0v) is 12.2. The van der Waals surface area contributed by atoms with E-state index in [1.54, 1.807) is 24.3 Å². The lowest BCUT2D eigenvalue weighted by atomic mass is 10.2. The first kappa shape index (κ1) is 15.0. The van der Waals surface area contributed by atoms with E-state index in [2.05, 4.69) is 15.9 Å². The van der Waals surface area contributed by atoms with Crippen molar-refractivity contribution in [2.45, 2.75) is 6.61 Å². The van der Waals surface area contributed by atoms with Crippen LogP contribution in [0.5, 0.6) is 5.75 Å². The summed E-state index contributed by atoms with van der Waals surface area (Å²) in [5, 5.41) is 19.9. The predicted molar refractivity (Wildman–Crippen MR) is 78.5 cm³/mol. The number of carbonyl (C=O) groups is 1. The van der Waals surface area contributed by atoms with Crippen LogP contribution in [0.4, 0.5) is 5.69 Å². The highest BCUT2D eigenvalue weighted by Crippen LogP contribution is 2.25. The molecule has 0 atom stereocenters. The highest BCUT2D eigenvalue weighted by molar-refractivity contribution is 9.10. The zero-order chi connectivity index (χ0) is 15.4. The molecule has 0 heterocycles. The van der Waals surface area contributed by atoms with Crippen molar-refractivity contribution < 1.29 is 19.6 Å². The second kappa shape index (κ2) is 6.36. The number of nitrogens with zero attached hydrogens (tertiary/aromatic N) is 1. The van der Waals surface area contributed by atoms with Gasteiger partial charge in [0.25, 0.3) is 5.69 Å². The molecule has 108 valence electrons. The number of benzene rings is 2. The molecule has 1 N–H and O–H groups in total. The monoisotopic (exact) mass is 351 g/mol. The van der Waals surface area contributed by atoms with Gasteiger partial charge in [0.2, 0.25) is 0 Å². The highest BCUT2D eigenvalue weighted by atomic mass is 79.9. The molecule has 0 saturated heterocycles.